The van der Waals surface area contributed by atoms with Crippen LogP contribution in [0.3, 0.4) is 0 Å². The van der Waals surface area contributed by atoms with Crippen molar-refractivity contribution in [2.75, 3.05) is 6.61 Å². The van der Waals surface area contributed by atoms with Gasteiger partial charge in [-0.1, -0.05) is 0 Å². The molecule has 2 heterocycles. The van der Waals surface area contributed by atoms with Crippen molar-refractivity contribution in [3.63, 3.8) is 0 Å². The SMILES string of the molecule is C[C@H]1CCC[C@H](C)N1C(=O)COC(=O)c1cc2cc(F)ccc2s1. The summed E-state index contributed by atoms with van der Waals surface area (Å²) < 4.78 is 19.2. The molecular weight excluding hydrogens is 329 g/mol. The Morgan fingerprint density at radius 2 is 1.96 bits per heavy atom. The molecule has 1 saturated heterocycles. The van der Waals surface area contributed by atoms with Crippen molar-refractivity contribution < 1.29 is 18.7 Å². The molecule has 0 unspecified atom stereocenters. The summed E-state index contributed by atoms with van der Waals surface area (Å²) in [4.78, 5) is 26.7. The van der Waals surface area contributed by atoms with E-state index in [2.05, 4.69) is 0 Å². The Bertz CT molecular complexity index is 763. The van der Waals surface area contributed by atoms with Crippen molar-refractivity contribution in [1.29, 1.82) is 0 Å². The molecule has 128 valence electrons. The molecule has 1 aliphatic rings. The highest BCUT2D eigenvalue weighted by Gasteiger charge is 2.29. The van der Waals surface area contributed by atoms with Gasteiger partial charge in [-0.15, -0.1) is 11.3 Å². The van der Waals surface area contributed by atoms with Crippen molar-refractivity contribution in [3.8, 4) is 0 Å². The van der Waals surface area contributed by atoms with Gasteiger partial charge in [0.05, 0.1) is 0 Å². The van der Waals surface area contributed by atoms with Crippen molar-refractivity contribution in [1.82, 2.24) is 4.90 Å². The fraction of sp³-hybridized carbons (Fsp3) is 0.444. The van der Waals surface area contributed by atoms with Gasteiger partial charge in [-0.25, -0.2) is 9.18 Å². The van der Waals surface area contributed by atoms with Crippen LogP contribution < -0.4 is 0 Å². The van der Waals surface area contributed by atoms with Crippen molar-refractivity contribution in [3.05, 3.63) is 35.0 Å². The zero-order chi connectivity index (χ0) is 17.3. The molecule has 0 spiro atoms. The van der Waals surface area contributed by atoms with Crippen LogP contribution in [0.15, 0.2) is 24.3 Å². The number of hydrogen-bond donors (Lipinski definition) is 0. The quantitative estimate of drug-likeness (QED) is 0.787. The minimum Gasteiger partial charge on any atom is -0.451 e. The molecule has 4 nitrogen and oxygen atoms in total. The second-order valence-electron chi connectivity index (χ2n) is 6.30. The normalized spacial score (nSPS) is 21.0. The zero-order valence-electron chi connectivity index (χ0n) is 13.8. The molecule has 1 aromatic heterocycles. The van der Waals surface area contributed by atoms with E-state index in [0.29, 0.717) is 10.3 Å². The van der Waals surface area contributed by atoms with Gasteiger partial charge in [0.15, 0.2) is 6.61 Å². The maximum atomic E-state index is 13.2. The van der Waals surface area contributed by atoms with Gasteiger partial charge in [-0.3, -0.25) is 4.79 Å². The molecule has 0 N–H and O–H groups in total. The molecule has 0 aliphatic carbocycles. The van der Waals surface area contributed by atoms with Gasteiger partial charge in [0.25, 0.3) is 5.91 Å². The smallest absolute Gasteiger partial charge is 0.348 e. The number of esters is 1. The summed E-state index contributed by atoms with van der Waals surface area (Å²) in [5, 5.41) is 0.663. The lowest BCUT2D eigenvalue weighted by Crippen LogP contribution is -2.49. The fourth-order valence-corrected chi connectivity index (χ4v) is 4.24. The number of ether oxygens (including phenoxy) is 1. The van der Waals surface area contributed by atoms with Crippen molar-refractivity contribution in [2.24, 2.45) is 0 Å². The van der Waals surface area contributed by atoms with Gasteiger partial charge in [0.1, 0.15) is 10.7 Å². The Balaban J connectivity index is 1.64. The van der Waals surface area contributed by atoms with Gasteiger partial charge in [0.2, 0.25) is 0 Å². The topological polar surface area (TPSA) is 46.6 Å². The van der Waals surface area contributed by atoms with Gasteiger partial charge in [0, 0.05) is 16.8 Å². The van der Waals surface area contributed by atoms with Crippen LogP contribution in [0.4, 0.5) is 4.39 Å². The number of fused-ring (bicyclic) bond motifs is 1. The van der Waals surface area contributed by atoms with E-state index < -0.39 is 5.97 Å². The number of halogens is 1. The van der Waals surface area contributed by atoms with E-state index in [4.69, 9.17) is 4.74 Å². The zero-order valence-corrected chi connectivity index (χ0v) is 14.6. The van der Waals surface area contributed by atoms with Gasteiger partial charge in [-0.2, -0.15) is 0 Å². The Kier molecular flexibility index (Phi) is 4.85. The highest BCUT2D eigenvalue weighted by atomic mass is 32.1. The highest BCUT2D eigenvalue weighted by Crippen LogP contribution is 2.27. The first-order valence-corrected chi connectivity index (χ1v) is 8.94. The molecule has 0 radical (unpaired) electrons. The van der Waals surface area contributed by atoms with Crippen LogP contribution >= 0.6 is 11.3 Å². The molecule has 0 saturated carbocycles. The molecule has 1 aliphatic heterocycles. The Morgan fingerprint density at radius 1 is 1.25 bits per heavy atom. The predicted molar refractivity (Wildman–Crippen MR) is 91.7 cm³/mol. The van der Waals surface area contributed by atoms with E-state index in [1.165, 1.54) is 23.5 Å². The summed E-state index contributed by atoms with van der Waals surface area (Å²) >= 11 is 1.24. The lowest BCUT2D eigenvalue weighted by atomic mass is 9.97. The molecule has 3 rings (SSSR count). The molecule has 24 heavy (non-hydrogen) atoms. The molecule has 2 atom stereocenters. The lowest BCUT2D eigenvalue weighted by molar-refractivity contribution is -0.140. The summed E-state index contributed by atoms with van der Waals surface area (Å²) in [7, 11) is 0. The van der Waals surface area contributed by atoms with Crippen LogP contribution in [-0.4, -0.2) is 35.5 Å². The second kappa shape index (κ2) is 6.89. The van der Waals surface area contributed by atoms with E-state index in [1.54, 1.807) is 12.1 Å². The van der Waals surface area contributed by atoms with E-state index in [1.807, 2.05) is 18.7 Å². The predicted octanol–water partition coefficient (Wildman–Crippen LogP) is 3.99. The monoisotopic (exact) mass is 349 g/mol. The maximum absolute atomic E-state index is 13.2. The number of carbonyl (C=O) groups is 2. The molecule has 1 aromatic carbocycles. The number of likely N-dealkylation sites (tertiary alicyclic amines) is 1. The molecule has 1 amide bonds. The maximum Gasteiger partial charge on any atom is 0.348 e. The first-order chi connectivity index (χ1) is 11.5. The summed E-state index contributed by atoms with van der Waals surface area (Å²) in [6, 6.07) is 6.32. The first kappa shape index (κ1) is 16.9. The Hall–Kier alpha value is -1.95. The van der Waals surface area contributed by atoms with Gasteiger partial charge < -0.3 is 9.64 Å². The standard InChI is InChI=1S/C18H20FNO3S/c1-11-4-3-5-12(2)20(11)17(21)10-23-18(22)16-9-13-8-14(19)6-7-15(13)24-16/h6-9,11-12H,3-5,10H2,1-2H3/t11-,12-/m0/s1. The van der Waals surface area contributed by atoms with Crippen molar-refractivity contribution >= 4 is 33.3 Å². The number of benzene rings is 1. The Labute approximate surface area is 144 Å². The van der Waals surface area contributed by atoms with Crippen LogP contribution in [-0.2, 0) is 9.53 Å². The van der Waals surface area contributed by atoms with E-state index >= 15 is 0 Å². The van der Waals surface area contributed by atoms with Gasteiger partial charge in [-0.05, 0) is 62.8 Å². The summed E-state index contributed by atoms with van der Waals surface area (Å²) in [5.74, 6) is -1.04. The average Bonchev–Trinajstić information content (AvgIpc) is 2.95. The third-order valence-corrected chi connectivity index (χ3v) is 5.58. The third-order valence-electron chi connectivity index (χ3n) is 4.49. The number of rotatable bonds is 3. The molecule has 1 fully saturated rings. The number of hydrogen-bond acceptors (Lipinski definition) is 4. The number of nitrogens with zero attached hydrogens (tertiary/aromatic N) is 1. The van der Waals surface area contributed by atoms with E-state index in [9.17, 15) is 14.0 Å². The van der Waals surface area contributed by atoms with Crippen LogP contribution in [0.2, 0.25) is 0 Å². The number of piperidine rings is 1. The summed E-state index contributed by atoms with van der Waals surface area (Å²) in [6.45, 7) is 3.79. The number of carbonyl (C=O) groups excluding carboxylic acids is 2. The van der Waals surface area contributed by atoms with Crippen LogP contribution in [0.5, 0.6) is 0 Å². The number of amides is 1. The van der Waals surface area contributed by atoms with E-state index in [0.717, 1.165) is 24.0 Å². The first-order valence-electron chi connectivity index (χ1n) is 8.13. The summed E-state index contributed by atoms with van der Waals surface area (Å²) in [6.07, 6.45) is 3.07. The summed E-state index contributed by atoms with van der Waals surface area (Å²) in [5.41, 5.74) is 0. The molecule has 0 bridgehead atoms. The third kappa shape index (κ3) is 3.43. The minimum absolute atomic E-state index is 0.157. The van der Waals surface area contributed by atoms with Gasteiger partial charge >= 0.3 is 5.97 Å². The van der Waals surface area contributed by atoms with Crippen LogP contribution in [0.25, 0.3) is 10.1 Å². The second-order valence-corrected chi connectivity index (χ2v) is 7.38. The molecular formula is C18H20FNO3S. The lowest BCUT2D eigenvalue weighted by Gasteiger charge is -2.38. The highest BCUT2D eigenvalue weighted by molar-refractivity contribution is 7.20. The number of thiophene rings is 1. The molecule has 6 heteroatoms. The van der Waals surface area contributed by atoms with Crippen LogP contribution in [0, 0.1) is 5.82 Å². The van der Waals surface area contributed by atoms with E-state index in [-0.39, 0.29) is 30.4 Å². The largest absolute Gasteiger partial charge is 0.451 e. The van der Waals surface area contributed by atoms with Crippen LogP contribution in [0.1, 0.15) is 42.8 Å². The minimum atomic E-state index is -0.540. The Morgan fingerprint density at radius 3 is 2.67 bits per heavy atom. The molecule has 2 aromatic rings. The fourth-order valence-electron chi connectivity index (χ4n) is 3.30. The average molecular weight is 349 g/mol. The van der Waals surface area contributed by atoms with Crippen molar-refractivity contribution in [2.45, 2.75) is 45.2 Å².